The van der Waals surface area contributed by atoms with Crippen molar-refractivity contribution in [1.29, 1.82) is 0 Å². The van der Waals surface area contributed by atoms with E-state index in [1.165, 1.54) is 6.42 Å². The maximum atomic E-state index is 3.74. The Labute approximate surface area is 50.2 Å². The fraction of sp³-hybridized carbons (Fsp3) is 0.800. The number of hydrazine groups is 1. The molecule has 0 radical (unpaired) electrons. The van der Waals surface area contributed by atoms with E-state index in [4.69, 9.17) is 0 Å². The number of nitrogens with zero attached hydrogens (tertiary/aromatic N) is 1. The third-order valence-corrected chi connectivity index (χ3v) is 0.428. The highest BCUT2D eigenvalue weighted by atomic mass is 15.4. The Hall–Kier alpha value is -0.570. The summed E-state index contributed by atoms with van der Waals surface area (Å²) >= 11 is 0. The molecule has 0 unspecified atom stereocenters. The van der Waals surface area contributed by atoms with Crippen LogP contribution in [0.2, 0.25) is 0 Å². The lowest BCUT2D eigenvalue weighted by Gasteiger charge is -1.80. The van der Waals surface area contributed by atoms with Crippen molar-refractivity contribution >= 4 is 6.34 Å². The molecule has 0 aromatic heterocycles. The maximum absolute atomic E-state index is 3.74. The highest BCUT2D eigenvalue weighted by Gasteiger charge is 1.79. The monoisotopic (exact) mass is 115 g/mol. The molecular formula is C5H13N3. The van der Waals surface area contributed by atoms with E-state index in [-0.39, 0.29) is 0 Å². The molecule has 8 heavy (non-hydrogen) atoms. The van der Waals surface area contributed by atoms with E-state index in [1.807, 2.05) is 0 Å². The molecule has 3 heteroatoms. The maximum Gasteiger partial charge on any atom is 0.107 e. The molecule has 1 rings (SSSR count). The molecule has 48 valence electrons. The van der Waals surface area contributed by atoms with Crippen molar-refractivity contribution in [2.24, 2.45) is 4.99 Å². The molecule has 0 aromatic rings. The molecule has 1 heterocycles. The Bertz CT molecular complexity index is 54.7. The van der Waals surface area contributed by atoms with Crippen LogP contribution in [0.5, 0.6) is 0 Å². The molecule has 0 saturated carbocycles. The van der Waals surface area contributed by atoms with Gasteiger partial charge in [0.2, 0.25) is 0 Å². The van der Waals surface area contributed by atoms with Crippen LogP contribution >= 0.6 is 0 Å². The molecule has 0 aliphatic carbocycles. The van der Waals surface area contributed by atoms with Crippen molar-refractivity contribution in [2.75, 3.05) is 6.67 Å². The predicted molar refractivity (Wildman–Crippen MR) is 35.6 cm³/mol. The fourth-order valence-electron chi connectivity index (χ4n) is 0.228. The summed E-state index contributed by atoms with van der Waals surface area (Å²) in [5.74, 6) is 0. The number of rotatable bonds is 0. The third kappa shape index (κ3) is 5.43. The van der Waals surface area contributed by atoms with Gasteiger partial charge >= 0.3 is 0 Å². The van der Waals surface area contributed by atoms with E-state index in [1.54, 1.807) is 6.34 Å². The zero-order valence-electron chi connectivity index (χ0n) is 5.44. The topological polar surface area (TPSA) is 36.4 Å². The van der Waals surface area contributed by atoms with Crippen LogP contribution in [0.4, 0.5) is 0 Å². The van der Waals surface area contributed by atoms with Gasteiger partial charge in [-0.3, -0.25) is 4.99 Å². The van der Waals surface area contributed by atoms with Gasteiger partial charge in [-0.2, -0.15) is 0 Å². The molecule has 1 aliphatic heterocycles. The average Bonchev–Trinajstić information content (AvgIpc) is 2.17. The molecule has 0 bridgehead atoms. The van der Waals surface area contributed by atoms with Gasteiger partial charge in [0.05, 0.1) is 6.34 Å². The summed E-state index contributed by atoms with van der Waals surface area (Å²) in [7, 11) is 0. The molecule has 0 fully saturated rings. The largest absolute Gasteiger partial charge is 0.310 e. The van der Waals surface area contributed by atoms with E-state index < -0.39 is 0 Å². The standard InChI is InChI=1S/C3H8.C2H5N3/c1-3-2;1-3-2-5-4-1/h3H2,1-2H3;1,5H,2H2,(H,3,4). The molecular weight excluding hydrogens is 102 g/mol. The fourth-order valence-corrected chi connectivity index (χ4v) is 0.228. The minimum atomic E-state index is 0.708. The summed E-state index contributed by atoms with van der Waals surface area (Å²) in [6, 6.07) is 0. The van der Waals surface area contributed by atoms with E-state index >= 15 is 0 Å². The first kappa shape index (κ1) is 7.43. The molecule has 0 amide bonds. The Morgan fingerprint density at radius 3 is 2.38 bits per heavy atom. The lowest BCUT2D eigenvalue weighted by molar-refractivity contribution is 0.731. The zero-order chi connectivity index (χ0) is 6.24. The van der Waals surface area contributed by atoms with E-state index in [0.717, 1.165) is 0 Å². The van der Waals surface area contributed by atoms with Crippen LogP contribution in [0.1, 0.15) is 20.3 Å². The Morgan fingerprint density at radius 1 is 1.62 bits per heavy atom. The number of aliphatic imine (C=N–C) groups is 1. The van der Waals surface area contributed by atoms with Gasteiger partial charge in [-0.15, -0.1) is 0 Å². The van der Waals surface area contributed by atoms with Crippen LogP contribution in [0.25, 0.3) is 0 Å². The molecule has 2 N–H and O–H groups in total. The first-order valence-electron chi connectivity index (χ1n) is 2.88. The van der Waals surface area contributed by atoms with Crippen molar-refractivity contribution in [2.45, 2.75) is 20.3 Å². The van der Waals surface area contributed by atoms with Gasteiger partial charge < -0.3 is 5.43 Å². The van der Waals surface area contributed by atoms with Crippen LogP contribution < -0.4 is 10.9 Å². The van der Waals surface area contributed by atoms with E-state index in [2.05, 4.69) is 29.7 Å². The van der Waals surface area contributed by atoms with E-state index in [9.17, 15) is 0 Å². The third-order valence-electron chi connectivity index (χ3n) is 0.428. The average molecular weight is 115 g/mol. The second-order valence-electron chi connectivity index (χ2n) is 1.50. The Balaban J connectivity index is 0.000000145. The number of hydrogen-bond donors (Lipinski definition) is 2. The second-order valence-corrected chi connectivity index (χ2v) is 1.50. The minimum Gasteiger partial charge on any atom is -0.310 e. The molecule has 3 nitrogen and oxygen atoms in total. The number of hydrogen-bond acceptors (Lipinski definition) is 3. The van der Waals surface area contributed by atoms with Crippen molar-refractivity contribution in [1.82, 2.24) is 10.9 Å². The smallest absolute Gasteiger partial charge is 0.107 e. The predicted octanol–water partition coefficient (Wildman–Crippen LogP) is 0.496. The van der Waals surface area contributed by atoms with Crippen LogP contribution in [-0.4, -0.2) is 13.0 Å². The van der Waals surface area contributed by atoms with Gasteiger partial charge in [-0.05, 0) is 0 Å². The van der Waals surface area contributed by atoms with E-state index in [0.29, 0.717) is 6.67 Å². The lowest BCUT2D eigenvalue weighted by Crippen LogP contribution is -2.22. The van der Waals surface area contributed by atoms with Crippen LogP contribution in [0.15, 0.2) is 4.99 Å². The van der Waals surface area contributed by atoms with Gasteiger partial charge in [-0.1, -0.05) is 20.3 Å². The van der Waals surface area contributed by atoms with Gasteiger partial charge in [0.1, 0.15) is 6.67 Å². The minimum absolute atomic E-state index is 0.708. The molecule has 1 aliphatic rings. The van der Waals surface area contributed by atoms with Crippen molar-refractivity contribution in [3.8, 4) is 0 Å². The first-order valence-corrected chi connectivity index (χ1v) is 2.88. The molecule has 0 atom stereocenters. The highest BCUT2D eigenvalue weighted by Crippen LogP contribution is 1.59. The summed E-state index contributed by atoms with van der Waals surface area (Å²) in [5.41, 5.74) is 5.43. The highest BCUT2D eigenvalue weighted by molar-refractivity contribution is 5.54. The normalized spacial score (nSPS) is 14.2. The second kappa shape index (κ2) is 6.43. The SMILES string of the molecule is C1=NCNN1.CCC. The summed E-state index contributed by atoms with van der Waals surface area (Å²) < 4.78 is 0. The van der Waals surface area contributed by atoms with Gasteiger partial charge in [0, 0.05) is 0 Å². The number of nitrogens with one attached hydrogen (secondary N) is 2. The Kier molecular flexibility index (Phi) is 5.97. The van der Waals surface area contributed by atoms with Crippen LogP contribution in [-0.2, 0) is 0 Å². The first-order chi connectivity index (χ1) is 3.91. The summed E-state index contributed by atoms with van der Waals surface area (Å²) in [6.07, 6.45) is 2.88. The summed E-state index contributed by atoms with van der Waals surface area (Å²) in [6.45, 7) is 4.96. The van der Waals surface area contributed by atoms with Crippen molar-refractivity contribution < 1.29 is 0 Å². The van der Waals surface area contributed by atoms with Crippen LogP contribution in [0, 0.1) is 0 Å². The lowest BCUT2D eigenvalue weighted by atomic mass is 10.6. The quantitative estimate of drug-likeness (QED) is 0.482. The van der Waals surface area contributed by atoms with Gasteiger partial charge in [0.15, 0.2) is 0 Å². The Morgan fingerprint density at radius 2 is 2.25 bits per heavy atom. The molecule has 0 aromatic carbocycles. The molecule has 0 saturated heterocycles. The van der Waals surface area contributed by atoms with Crippen molar-refractivity contribution in [3.63, 3.8) is 0 Å². The molecule has 0 spiro atoms. The van der Waals surface area contributed by atoms with Crippen LogP contribution in [0.3, 0.4) is 0 Å². The van der Waals surface area contributed by atoms with Gasteiger partial charge in [-0.25, -0.2) is 5.43 Å². The van der Waals surface area contributed by atoms with Gasteiger partial charge in [0.25, 0.3) is 0 Å². The summed E-state index contributed by atoms with van der Waals surface area (Å²) in [4.78, 5) is 3.74. The summed E-state index contributed by atoms with van der Waals surface area (Å²) in [5, 5.41) is 0. The zero-order valence-corrected chi connectivity index (χ0v) is 5.44. The van der Waals surface area contributed by atoms with Crippen molar-refractivity contribution in [3.05, 3.63) is 0 Å².